The van der Waals surface area contributed by atoms with Crippen LogP contribution in [0.25, 0.3) is 11.3 Å². The molecule has 1 atom stereocenters. The zero-order chi connectivity index (χ0) is 24.2. The van der Waals surface area contributed by atoms with E-state index in [1.165, 1.54) is 36.2 Å². The van der Waals surface area contributed by atoms with E-state index < -0.39 is 12.1 Å². The lowest BCUT2D eigenvalue weighted by atomic mass is 10.1. The Morgan fingerprint density at radius 3 is 2.86 bits per heavy atom. The summed E-state index contributed by atoms with van der Waals surface area (Å²) in [5, 5.41) is 24.1. The molecule has 11 nitrogen and oxygen atoms in total. The molecule has 4 aromatic rings. The first kappa shape index (κ1) is 22.4. The Kier molecular flexibility index (Phi) is 6.31. The van der Waals surface area contributed by atoms with Crippen LogP contribution in [0, 0.1) is 5.92 Å². The van der Waals surface area contributed by atoms with Crippen molar-refractivity contribution in [2.45, 2.75) is 19.1 Å². The number of aliphatic hydroxyl groups excluding tert-OH is 1. The second kappa shape index (κ2) is 9.85. The number of nitrogens with zero attached hydrogens (tertiary/aromatic N) is 6. The zero-order valence-electron chi connectivity index (χ0n) is 19.1. The number of amides is 1. The SMILES string of the molecule is Cn1cc(NC(O)c2cccc(-c3ccnc(NCC4CC4)c3)n2)c(C(=O)Nc2cncnc2)n1. The first-order valence-electron chi connectivity index (χ1n) is 11.3. The highest BCUT2D eigenvalue weighted by Gasteiger charge is 2.21. The van der Waals surface area contributed by atoms with Crippen molar-refractivity contribution in [1.29, 1.82) is 0 Å². The maximum Gasteiger partial charge on any atom is 0.278 e. The van der Waals surface area contributed by atoms with Crippen molar-refractivity contribution in [3.8, 4) is 11.3 Å². The van der Waals surface area contributed by atoms with Gasteiger partial charge in [0.15, 0.2) is 11.9 Å². The summed E-state index contributed by atoms with van der Waals surface area (Å²) in [5.74, 6) is 1.08. The quantitative estimate of drug-likeness (QED) is 0.271. The van der Waals surface area contributed by atoms with Gasteiger partial charge in [0.25, 0.3) is 5.91 Å². The Hall–Kier alpha value is -4.38. The topological polar surface area (TPSA) is 143 Å². The fourth-order valence-corrected chi connectivity index (χ4v) is 3.56. The van der Waals surface area contributed by atoms with Gasteiger partial charge in [-0.3, -0.25) is 9.48 Å². The predicted octanol–water partition coefficient (Wildman–Crippen LogP) is 2.84. The van der Waals surface area contributed by atoms with Crippen LogP contribution in [0.15, 0.2) is 61.4 Å². The summed E-state index contributed by atoms with van der Waals surface area (Å²) in [6, 6.07) is 9.25. The maximum atomic E-state index is 12.7. The number of hydrogen-bond donors (Lipinski definition) is 4. The van der Waals surface area contributed by atoms with Crippen LogP contribution in [-0.4, -0.2) is 47.3 Å². The van der Waals surface area contributed by atoms with Crippen molar-refractivity contribution in [3.63, 3.8) is 0 Å². The van der Waals surface area contributed by atoms with Gasteiger partial charge < -0.3 is 21.1 Å². The smallest absolute Gasteiger partial charge is 0.278 e. The second-order valence-corrected chi connectivity index (χ2v) is 8.39. The van der Waals surface area contributed by atoms with Crippen molar-refractivity contribution < 1.29 is 9.90 Å². The molecule has 4 N–H and O–H groups in total. The molecule has 1 aliphatic carbocycles. The van der Waals surface area contributed by atoms with Gasteiger partial charge in [0, 0.05) is 31.5 Å². The fraction of sp³-hybridized carbons (Fsp3) is 0.250. The molecule has 35 heavy (non-hydrogen) atoms. The summed E-state index contributed by atoms with van der Waals surface area (Å²) < 4.78 is 1.49. The van der Waals surface area contributed by atoms with Crippen LogP contribution in [0.2, 0.25) is 0 Å². The van der Waals surface area contributed by atoms with E-state index in [4.69, 9.17) is 0 Å². The first-order valence-corrected chi connectivity index (χ1v) is 11.3. The first-order chi connectivity index (χ1) is 17.0. The Morgan fingerprint density at radius 1 is 1.23 bits per heavy atom. The summed E-state index contributed by atoms with van der Waals surface area (Å²) in [7, 11) is 1.69. The van der Waals surface area contributed by atoms with E-state index in [2.05, 4.69) is 41.0 Å². The van der Waals surface area contributed by atoms with Crippen LogP contribution in [0.1, 0.15) is 35.3 Å². The molecular weight excluding hydrogens is 446 g/mol. The third-order valence-electron chi connectivity index (χ3n) is 5.53. The molecular formula is C24H25N9O2. The van der Waals surface area contributed by atoms with E-state index in [1.54, 1.807) is 25.5 Å². The molecule has 4 aromatic heterocycles. The number of aromatic nitrogens is 6. The second-order valence-electron chi connectivity index (χ2n) is 8.39. The van der Waals surface area contributed by atoms with Gasteiger partial charge in [-0.2, -0.15) is 5.10 Å². The van der Waals surface area contributed by atoms with Crippen molar-refractivity contribution in [3.05, 3.63) is 72.8 Å². The van der Waals surface area contributed by atoms with E-state index in [1.807, 2.05) is 24.3 Å². The third-order valence-corrected chi connectivity index (χ3v) is 5.53. The van der Waals surface area contributed by atoms with Gasteiger partial charge in [-0.15, -0.1) is 0 Å². The molecule has 0 aromatic carbocycles. The van der Waals surface area contributed by atoms with Gasteiger partial charge in [-0.1, -0.05) is 6.07 Å². The van der Waals surface area contributed by atoms with Gasteiger partial charge in [-0.25, -0.2) is 19.9 Å². The van der Waals surface area contributed by atoms with Crippen molar-refractivity contribution in [2.24, 2.45) is 13.0 Å². The monoisotopic (exact) mass is 471 g/mol. The highest BCUT2D eigenvalue weighted by Crippen LogP contribution is 2.29. The minimum Gasteiger partial charge on any atom is -0.370 e. The number of hydrogen-bond acceptors (Lipinski definition) is 9. The molecule has 5 rings (SSSR count). The number of pyridine rings is 2. The number of rotatable bonds is 9. The summed E-state index contributed by atoms with van der Waals surface area (Å²) in [6.07, 6.45) is 9.06. The van der Waals surface area contributed by atoms with E-state index in [0.29, 0.717) is 22.8 Å². The Bertz CT molecular complexity index is 1320. The molecule has 1 saturated carbocycles. The molecule has 0 bridgehead atoms. The lowest BCUT2D eigenvalue weighted by Gasteiger charge is -2.14. The van der Waals surface area contributed by atoms with Crippen LogP contribution in [0.4, 0.5) is 17.2 Å². The van der Waals surface area contributed by atoms with E-state index in [0.717, 1.165) is 23.8 Å². The third kappa shape index (κ3) is 5.58. The number of nitrogens with one attached hydrogen (secondary N) is 3. The van der Waals surface area contributed by atoms with Gasteiger partial charge >= 0.3 is 0 Å². The molecule has 178 valence electrons. The molecule has 1 aliphatic rings. The summed E-state index contributed by atoms with van der Waals surface area (Å²) in [6.45, 7) is 0.922. The van der Waals surface area contributed by atoms with Crippen LogP contribution in [-0.2, 0) is 7.05 Å². The molecule has 1 amide bonds. The molecule has 11 heteroatoms. The number of aryl methyl sites for hydroxylation is 1. The van der Waals surface area contributed by atoms with E-state index in [9.17, 15) is 9.90 Å². The Morgan fingerprint density at radius 2 is 2.06 bits per heavy atom. The van der Waals surface area contributed by atoms with Crippen LogP contribution < -0.4 is 16.0 Å². The predicted molar refractivity (Wildman–Crippen MR) is 130 cm³/mol. The van der Waals surface area contributed by atoms with Gasteiger partial charge in [0.2, 0.25) is 0 Å². The Balaban J connectivity index is 1.31. The van der Waals surface area contributed by atoms with Crippen LogP contribution >= 0.6 is 0 Å². The van der Waals surface area contributed by atoms with E-state index >= 15 is 0 Å². The molecule has 0 spiro atoms. The van der Waals surface area contributed by atoms with E-state index in [-0.39, 0.29) is 5.69 Å². The lowest BCUT2D eigenvalue weighted by Crippen LogP contribution is -2.17. The minimum atomic E-state index is -1.17. The number of aliphatic hydroxyl groups is 1. The van der Waals surface area contributed by atoms with Crippen molar-refractivity contribution >= 4 is 23.1 Å². The normalized spacial score (nSPS) is 13.8. The molecule has 1 fully saturated rings. The number of carbonyl (C=O) groups excluding carboxylic acids is 1. The highest BCUT2D eigenvalue weighted by molar-refractivity contribution is 6.06. The minimum absolute atomic E-state index is 0.118. The molecule has 4 heterocycles. The fourth-order valence-electron chi connectivity index (χ4n) is 3.56. The summed E-state index contributed by atoms with van der Waals surface area (Å²) in [4.78, 5) is 29.5. The average Bonchev–Trinajstić information content (AvgIpc) is 3.64. The molecule has 0 aliphatic heterocycles. The van der Waals surface area contributed by atoms with Crippen molar-refractivity contribution in [2.75, 3.05) is 22.5 Å². The zero-order valence-corrected chi connectivity index (χ0v) is 19.1. The average molecular weight is 472 g/mol. The molecule has 1 unspecified atom stereocenters. The number of carbonyl (C=O) groups is 1. The summed E-state index contributed by atoms with van der Waals surface area (Å²) in [5.41, 5.74) is 2.90. The van der Waals surface area contributed by atoms with Crippen molar-refractivity contribution in [1.82, 2.24) is 29.7 Å². The van der Waals surface area contributed by atoms with Crippen LogP contribution in [0.3, 0.4) is 0 Å². The van der Waals surface area contributed by atoms with Gasteiger partial charge in [0.05, 0.1) is 35.2 Å². The molecule has 0 radical (unpaired) electrons. The maximum absolute atomic E-state index is 12.7. The Labute approximate surface area is 201 Å². The van der Waals surface area contributed by atoms with Gasteiger partial charge in [0.1, 0.15) is 12.1 Å². The molecule has 0 saturated heterocycles. The van der Waals surface area contributed by atoms with Gasteiger partial charge in [-0.05, 0) is 43.0 Å². The number of anilines is 3. The lowest BCUT2D eigenvalue weighted by molar-refractivity contribution is 0.102. The standard InChI is InChI=1S/C24H25N9O2/c1-33-13-20(22(32-33)24(35)29-17-11-25-14-26-12-17)31-23(34)19-4-2-3-18(30-19)16-7-8-27-21(9-16)28-10-15-5-6-15/h2-4,7-9,11-15,23,31,34H,5-6,10H2,1H3,(H,27,28)(H,29,35). The van der Waals surface area contributed by atoms with Crippen LogP contribution in [0.5, 0.6) is 0 Å². The summed E-state index contributed by atoms with van der Waals surface area (Å²) >= 11 is 0. The highest BCUT2D eigenvalue weighted by atomic mass is 16.3. The largest absolute Gasteiger partial charge is 0.370 e.